The predicted molar refractivity (Wildman–Crippen MR) is 81.4 cm³/mol. The van der Waals surface area contributed by atoms with Crippen molar-refractivity contribution in [3.63, 3.8) is 0 Å². The van der Waals surface area contributed by atoms with Crippen molar-refractivity contribution in [2.75, 3.05) is 19.8 Å². The quantitative estimate of drug-likeness (QED) is 0.671. The zero-order valence-corrected chi connectivity index (χ0v) is 13.4. The van der Waals surface area contributed by atoms with E-state index >= 15 is 0 Å². The van der Waals surface area contributed by atoms with Crippen LogP contribution in [0.5, 0.6) is 0 Å². The van der Waals surface area contributed by atoms with Gasteiger partial charge in [0.05, 0.1) is 0 Å². The van der Waals surface area contributed by atoms with Crippen LogP contribution in [0.25, 0.3) is 0 Å². The third-order valence-corrected chi connectivity index (χ3v) is 5.73. The highest BCUT2D eigenvalue weighted by Gasteiger charge is 2.58. The molecule has 2 rings (SSSR count). The van der Waals surface area contributed by atoms with Crippen molar-refractivity contribution in [1.82, 2.24) is 5.32 Å². The molecule has 0 aromatic carbocycles. The smallest absolute Gasteiger partial charge is 0.0478 e. The van der Waals surface area contributed by atoms with Crippen LogP contribution in [0, 0.1) is 16.7 Å². The molecule has 2 aliphatic carbocycles. The molecule has 112 valence electrons. The Morgan fingerprint density at radius 1 is 1.16 bits per heavy atom. The van der Waals surface area contributed by atoms with E-state index in [1.165, 1.54) is 32.1 Å². The van der Waals surface area contributed by atoms with Crippen LogP contribution < -0.4 is 5.32 Å². The van der Waals surface area contributed by atoms with Crippen LogP contribution in [0.15, 0.2) is 0 Å². The summed E-state index contributed by atoms with van der Waals surface area (Å²) in [6.45, 7) is 12.6. The van der Waals surface area contributed by atoms with Crippen molar-refractivity contribution in [2.45, 2.75) is 72.3 Å². The maximum absolute atomic E-state index is 5.64. The highest BCUT2D eigenvalue weighted by Crippen LogP contribution is 2.62. The molecule has 2 fully saturated rings. The van der Waals surface area contributed by atoms with E-state index in [2.05, 4.69) is 33.0 Å². The van der Waals surface area contributed by atoms with E-state index in [9.17, 15) is 0 Å². The summed E-state index contributed by atoms with van der Waals surface area (Å²) < 4.78 is 5.64. The fraction of sp³-hybridized carbons (Fsp3) is 1.00. The highest BCUT2D eigenvalue weighted by atomic mass is 16.5. The topological polar surface area (TPSA) is 21.3 Å². The zero-order chi connectivity index (χ0) is 13.9. The average Bonchev–Trinajstić information content (AvgIpc) is 2.83. The molecule has 0 radical (unpaired) electrons. The lowest BCUT2D eigenvalue weighted by Crippen LogP contribution is -2.50. The zero-order valence-electron chi connectivity index (χ0n) is 13.4. The number of hydrogen-bond donors (Lipinski definition) is 1. The van der Waals surface area contributed by atoms with E-state index in [-0.39, 0.29) is 0 Å². The van der Waals surface area contributed by atoms with E-state index in [1.54, 1.807) is 0 Å². The number of unbranched alkanes of at least 4 members (excludes halogenated alkanes) is 1. The third kappa shape index (κ3) is 3.16. The van der Waals surface area contributed by atoms with Crippen molar-refractivity contribution in [2.24, 2.45) is 16.7 Å². The Kier molecular flexibility index (Phi) is 4.94. The van der Waals surface area contributed by atoms with Gasteiger partial charge in [-0.1, -0.05) is 34.1 Å². The maximum Gasteiger partial charge on any atom is 0.0478 e. The lowest BCUT2D eigenvalue weighted by atomic mass is 9.68. The van der Waals surface area contributed by atoms with Crippen LogP contribution in [-0.4, -0.2) is 25.8 Å². The molecule has 2 heteroatoms. The Hall–Kier alpha value is -0.0800. The molecule has 0 heterocycles. The summed E-state index contributed by atoms with van der Waals surface area (Å²) in [5.41, 5.74) is 1.04. The van der Waals surface area contributed by atoms with Gasteiger partial charge in [-0.05, 0) is 55.4 Å². The first-order valence-electron chi connectivity index (χ1n) is 8.32. The maximum atomic E-state index is 5.64. The van der Waals surface area contributed by atoms with Gasteiger partial charge in [-0.2, -0.15) is 0 Å². The minimum Gasteiger partial charge on any atom is -0.381 e. The molecule has 2 bridgehead atoms. The summed E-state index contributed by atoms with van der Waals surface area (Å²) in [6, 6.07) is 0.703. The van der Waals surface area contributed by atoms with Crippen LogP contribution in [0.3, 0.4) is 0 Å². The summed E-state index contributed by atoms with van der Waals surface area (Å²) in [5.74, 6) is 0.941. The van der Waals surface area contributed by atoms with Gasteiger partial charge in [-0.25, -0.2) is 0 Å². The number of nitrogens with one attached hydrogen (secondary N) is 1. The fourth-order valence-corrected chi connectivity index (χ4v) is 4.58. The molecule has 0 spiro atoms. The van der Waals surface area contributed by atoms with E-state index < -0.39 is 0 Å². The Bertz CT molecular complexity index is 284. The molecule has 0 aromatic heterocycles. The molecule has 0 amide bonds. The van der Waals surface area contributed by atoms with Crippen molar-refractivity contribution >= 4 is 0 Å². The van der Waals surface area contributed by atoms with Gasteiger partial charge in [0.1, 0.15) is 0 Å². The molecule has 2 aliphatic rings. The highest BCUT2D eigenvalue weighted by molar-refractivity contribution is 5.11. The van der Waals surface area contributed by atoms with Gasteiger partial charge in [0, 0.05) is 19.3 Å². The molecule has 0 aliphatic heterocycles. The second-order valence-electron chi connectivity index (χ2n) is 7.62. The lowest BCUT2D eigenvalue weighted by molar-refractivity contribution is 0.0985. The second-order valence-corrected chi connectivity index (χ2v) is 7.62. The molecular weight excluding hydrogens is 234 g/mol. The summed E-state index contributed by atoms with van der Waals surface area (Å²) in [7, 11) is 0. The van der Waals surface area contributed by atoms with E-state index in [1.807, 2.05) is 0 Å². The van der Waals surface area contributed by atoms with Gasteiger partial charge >= 0.3 is 0 Å². The van der Waals surface area contributed by atoms with Crippen LogP contribution in [-0.2, 0) is 4.74 Å². The molecule has 2 saturated carbocycles. The molecule has 1 N–H and O–H groups in total. The van der Waals surface area contributed by atoms with Gasteiger partial charge < -0.3 is 10.1 Å². The molecule has 1 unspecified atom stereocenters. The van der Waals surface area contributed by atoms with E-state index in [0.29, 0.717) is 16.9 Å². The average molecular weight is 267 g/mol. The van der Waals surface area contributed by atoms with Gasteiger partial charge in [-0.15, -0.1) is 0 Å². The Morgan fingerprint density at radius 2 is 1.89 bits per heavy atom. The first-order valence-corrected chi connectivity index (χ1v) is 8.32. The third-order valence-electron chi connectivity index (χ3n) is 5.73. The monoisotopic (exact) mass is 267 g/mol. The standard InChI is InChI=1S/C17H33NO/c1-5-6-11-19-12-7-10-18-15-16(2,3)14-8-9-17(15,4)13-14/h14-15,18H,5-13H2,1-4H3/t14-,15?,17+/m0/s1. The fourth-order valence-electron chi connectivity index (χ4n) is 4.58. The molecular formula is C17H33NO. The summed E-state index contributed by atoms with van der Waals surface area (Å²) in [5, 5.41) is 3.85. The lowest BCUT2D eigenvalue weighted by Gasteiger charge is -2.43. The van der Waals surface area contributed by atoms with E-state index in [0.717, 1.165) is 32.1 Å². The number of hydrogen-bond acceptors (Lipinski definition) is 2. The number of fused-ring (bicyclic) bond motifs is 2. The van der Waals surface area contributed by atoms with Crippen LogP contribution >= 0.6 is 0 Å². The van der Waals surface area contributed by atoms with Gasteiger partial charge in [0.2, 0.25) is 0 Å². The van der Waals surface area contributed by atoms with Crippen molar-refractivity contribution < 1.29 is 4.74 Å². The summed E-state index contributed by atoms with van der Waals surface area (Å²) in [6.07, 6.45) is 7.88. The van der Waals surface area contributed by atoms with Crippen LogP contribution in [0.1, 0.15) is 66.2 Å². The minimum atomic E-state index is 0.482. The van der Waals surface area contributed by atoms with Gasteiger partial charge in [0.15, 0.2) is 0 Å². The van der Waals surface area contributed by atoms with E-state index in [4.69, 9.17) is 4.74 Å². The second kappa shape index (κ2) is 6.13. The van der Waals surface area contributed by atoms with Crippen molar-refractivity contribution in [1.29, 1.82) is 0 Å². The Morgan fingerprint density at radius 3 is 2.53 bits per heavy atom. The minimum absolute atomic E-state index is 0.482. The largest absolute Gasteiger partial charge is 0.381 e. The summed E-state index contributed by atoms with van der Waals surface area (Å²) in [4.78, 5) is 0. The molecule has 0 saturated heterocycles. The van der Waals surface area contributed by atoms with Crippen molar-refractivity contribution in [3.05, 3.63) is 0 Å². The van der Waals surface area contributed by atoms with Crippen LogP contribution in [0.2, 0.25) is 0 Å². The van der Waals surface area contributed by atoms with Crippen molar-refractivity contribution in [3.8, 4) is 0 Å². The summed E-state index contributed by atoms with van der Waals surface area (Å²) >= 11 is 0. The molecule has 2 nitrogen and oxygen atoms in total. The number of ether oxygens (including phenoxy) is 1. The Balaban J connectivity index is 1.68. The molecule has 3 atom stereocenters. The normalized spacial score (nSPS) is 36.0. The number of rotatable bonds is 8. The van der Waals surface area contributed by atoms with Gasteiger partial charge in [0.25, 0.3) is 0 Å². The predicted octanol–water partition coefficient (Wildman–Crippen LogP) is 4.00. The van der Waals surface area contributed by atoms with Gasteiger partial charge in [-0.3, -0.25) is 0 Å². The first kappa shape index (κ1) is 15.3. The molecule has 19 heavy (non-hydrogen) atoms. The first-order chi connectivity index (χ1) is 9.00. The molecule has 0 aromatic rings. The Labute approximate surface area is 119 Å². The van der Waals surface area contributed by atoms with Crippen LogP contribution in [0.4, 0.5) is 0 Å². The SMILES string of the molecule is CCCCOCCCNC1C(C)(C)[C@H]2CC[C@]1(C)C2.